The molecule has 0 amide bonds. The van der Waals surface area contributed by atoms with Crippen molar-refractivity contribution in [3.8, 4) is 12.1 Å². The quantitative estimate of drug-likeness (QED) is 0.568. The van der Waals surface area contributed by atoms with E-state index in [2.05, 4.69) is 4.85 Å². The van der Waals surface area contributed by atoms with Gasteiger partial charge in [0.2, 0.25) is 6.54 Å². The van der Waals surface area contributed by atoms with Crippen molar-refractivity contribution in [2.75, 3.05) is 26.2 Å². The van der Waals surface area contributed by atoms with Gasteiger partial charge in [-0.2, -0.15) is 10.5 Å². The Hall–Kier alpha value is -1.57. The summed E-state index contributed by atoms with van der Waals surface area (Å²) in [5.41, 5.74) is 0. The molecule has 0 aromatic heterocycles. The van der Waals surface area contributed by atoms with E-state index in [9.17, 15) is 0 Å². The fourth-order valence-electron chi connectivity index (χ4n) is 0.943. The van der Waals surface area contributed by atoms with Crippen LogP contribution in [0.5, 0.6) is 0 Å². The van der Waals surface area contributed by atoms with Crippen LogP contribution in [0.2, 0.25) is 0 Å². The second-order valence-corrected chi connectivity index (χ2v) is 2.54. The Kier molecular flexibility index (Phi) is 7.50. The lowest BCUT2D eigenvalue weighted by atomic mass is 10.3. The fourth-order valence-corrected chi connectivity index (χ4v) is 0.943. The van der Waals surface area contributed by atoms with Crippen LogP contribution in [-0.2, 0) is 0 Å². The lowest BCUT2D eigenvalue weighted by Crippen LogP contribution is -2.28. The van der Waals surface area contributed by atoms with Crippen LogP contribution in [0.15, 0.2) is 0 Å². The van der Waals surface area contributed by atoms with Gasteiger partial charge in [-0.15, -0.1) is 0 Å². The lowest BCUT2D eigenvalue weighted by Gasteiger charge is -2.16. The highest BCUT2D eigenvalue weighted by atomic mass is 15.1. The molecule has 0 radical (unpaired) electrons. The van der Waals surface area contributed by atoms with Crippen LogP contribution in [-0.4, -0.2) is 31.1 Å². The normalized spacial score (nSPS) is 8.77. The topological polar surface area (TPSA) is 55.2 Å². The summed E-state index contributed by atoms with van der Waals surface area (Å²) in [6.45, 7) is 9.04. The van der Waals surface area contributed by atoms with Crippen LogP contribution < -0.4 is 0 Å². The molecule has 4 heteroatoms. The average molecular weight is 176 g/mol. The molecule has 0 spiro atoms. The molecule has 0 aliphatic carbocycles. The van der Waals surface area contributed by atoms with Crippen LogP contribution in [0.4, 0.5) is 0 Å². The zero-order chi connectivity index (χ0) is 9.94. The van der Waals surface area contributed by atoms with Crippen LogP contribution in [0.3, 0.4) is 0 Å². The molecule has 0 N–H and O–H groups in total. The summed E-state index contributed by atoms with van der Waals surface area (Å²) in [5, 5.41) is 16.7. The van der Waals surface area contributed by atoms with Gasteiger partial charge in [-0.3, -0.25) is 4.90 Å². The molecule has 0 fully saturated rings. The highest BCUT2D eigenvalue weighted by Crippen LogP contribution is 1.93. The van der Waals surface area contributed by atoms with Crippen molar-refractivity contribution in [3.05, 3.63) is 11.4 Å². The van der Waals surface area contributed by atoms with Gasteiger partial charge < -0.3 is 4.85 Å². The average Bonchev–Trinajstić information content (AvgIpc) is 2.17. The van der Waals surface area contributed by atoms with Crippen LogP contribution in [0.1, 0.15) is 12.8 Å². The number of nitrogens with zero attached hydrogens (tertiary/aromatic N) is 4. The number of rotatable bonds is 6. The van der Waals surface area contributed by atoms with Crippen molar-refractivity contribution in [1.29, 1.82) is 10.5 Å². The summed E-state index contributed by atoms with van der Waals surface area (Å²) in [6, 6.07) is 4.10. The maximum atomic E-state index is 8.36. The summed E-state index contributed by atoms with van der Waals surface area (Å²) in [7, 11) is 0. The molecule has 0 saturated carbocycles. The predicted octanol–water partition coefficient (Wildman–Crippen LogP) is 1.04. The summed E-state index contributed by atoms with van der Waals surface area (Å²) < 4.78 is 0. The van der Waals surface area contributed by atoms with E-state index in [1.807, 2.05) is 17.0 Å². The smallest absolute Gasteiger partial charge is 0.227 e. The largest absolute Gasteiger partial charge is 0.316 e. The van der Waals surface area contributed by atoms with Crippen molar-refractivity contribution < 1.29 is 0 Å². The van der Waals surface area contributed by atoms with Crippen LogP contribution in [0, 0.1) is 29.2 Å². The minimum absolute atomic E-state index is 0.441. The summed E-state index contributed by atoms with van der Waals surface area (Å²) in [5.74, 6) is 0. The van der Waals surface area contributed by atoms with E-state index in [1.54, 1.807) is 0 Å². The van der Waals surface area contributed by atoms with E-state index in [0.717, 1.165) is 0 Å². The Morgan fingerprint density at radius 2 is 1.62 bits per heavy atom. The first-order valence-corrected chi connectivity index (χ1v) is 4.14. The first-order chi connectivity index (χ1) is 6.35. The van der Waals surface area contributed by atoms with Gasteiger partial charge in [-0.1, -0.05) is 0 Å². The third kappa shape index (κ3) is 6.81. The second kappa shape index (κ2) is 8.53. The number of hydrogen-bond acceptors (Lipinski definition) is 3. The van der Waals surface area contributed by atoms with Gasteiger partial charge in [0.15, 0.2) is 0 Å². The molecule has 0 heterocycles. The molecule has 68 valence electrons. The van der Waals surface area contributed by atoms with E-state index in [-0.39, 0.29) is 0 Å². The molecule has 13 heavy (non-hydrogen) atoms. The summed E-state index contributed by atoms with van der Waals surface area (Å²) in [6.07, 6.45) is 0.923. The fraction of sp³-hybridized carbons (Fsp3) is 0.667. The van der Waals surface area contributed by atoms with E-state index >= 15 is 0 Å². The molecule has 0 atom stereocenters. The molecule has 0 rings (SSSR count). The third-order valence-corrected chi connectivity index (χ3v) is 1.61. The zero-order valence-electron chi connectivity index (χ0n) is 7.53. The second-order valence-electron chi connectivity index (χ2n) is 2.54. The van der Waals surface area contributed by atoms with Crippen molar-refractivity contribution >= 4 is 0 Å². The predicted molar refractivity (Wildman–Crippen MR) is 48.4 cm³/mol. The van der Waals surface area contributed by atoms with Gasteiger partial charge in [-0.05, 0) is 0 Å². The summed E-state index contributed by atoms with van der Waals surface area (Å²) >= 11 is 0. The highest BCUT2D eigenvalue weighted by molar-refractivity contribution is 4.77. The molecular formula is C9H12N4. The Bertz CT molecular complexity index is 197. The monoisotopic (exact) mass is 176 g/mol. The van der Waals surface area contributed by atoms with Gasteiger partial charge in [-0.25, -0.2) is 6.57 Å². The van der Waals surface area contributed by atoms with Gasteiger partial charge in [0.25, 0.3) is 0 Å². The van der Waals surface area contributed by atoms with Crippen molar-refractivity contribution in [2.24, 2.45) is 0 Å². The van der Waals surface area contributed by atoms with Gasteiger partial charge in [0.1, 0.15) is 0 Å². The van der Waals surface area contributed by atoms with E-state index in [0.29, 0.717) is 39.0 Å². The molecule has 0 unspecified atom stereocenters. The molecule has 4 nitrogen and oxygen atoms in total. The van der Waals surface area contributed by atoms with E-state index < -0.39 is 0 Å². The van der Waals surface area contributed by atoms with Crippen molar-refractivity contribution in [2.45, 2.75) is 12.8 Å². The van der Waals surface area contributed by atoms with Crippen molar-refractivity contribution in [3.63, 3.8) is 0 Å². The minimum Gasteiger partial charge on any atom is -0.316 e. The number of hydrogen-bond donors (Lipinski definition) is 0. The van der Waals surface area contributed by atoms with Gasteiger partial charge >= 0.3 is 0 Å². The Labute approximate surface area is 78.8 Å². The first kappa shape index (κ1) is 11.4. The maximum absolute atomic E-state index is 8.36. The Balaban J connectivity index is 3.70. The Morgan fingerprint density at radius 1 is 1.08 bits per heavy atom. The standard InChI is InChI=1S/C9H12N4/c1-12-6-9-13(7-2-4-10)8-3-5-11/h2-3,6-9H2. The van der Waals surface area contributed by atoms with Crippen LogP contribution >= 0.6 is 0 Å². The first-order valence-electron chi connectivity index (χ1n) is 4.14. The third-order valence-electron chi connectivity index (χ3n) is 1.61. The maximum Gasteiger partial charge on any atom is 0.227 e. The molecular weight excluding hydrogens is 164 g/mol. The highest BCUT2D eigenvalue weighted by Gasteiger charge is 2.04. The molecule has 0 aliphatic rings. The zero-order valence-corrected chi connectivity index (χ0v) is 7.53. The molecule has 0 aromatic carbocycles. The SMILES string of the molecule is [C-]#[N+]CCN(CCC#N)CCC#N. The van der Waals surface area contributed by atoms with Crippen LogP contribution in [0.25, 0.3) is 4.85 Å². The molecule has 0 saturated heterocycles. The summed E-state index contributed by atoms with van der Waals surface area (Å²) in [4.78, 5) is 5.21. The van der Waals surface area contributed by atoms with Gasteiger partial charge in [0.05, 0.1) is 18.7 Å². The molecule has 0 aromatic rings. The van der Waals surface area contributed by atoms with Crippen molar-refractivity contribution in [1.82, 2.24) is 4.90 Å². The van der Waals surface area contributed by atoms with E-state index in [4.69, 9.17) is 17.1 Å². The van der Waals surface area contributed by atoms with E-state index in [1.165, 1.54) is 0 Å². The minimum atomic E-state index is 0.441. The van der Waals surface area contributed by atoms with Gasteiger partial charge in [0, 0.05) is 25.9 Å². The lowest BCUT2D eigenvalue weighted by molar-refractivity contribution is 0.299. The molecule has 0 aliphatic heterocycles. The molecule has 0 bridgehead atoms. The Morgan fingerprint density at radius 3 is 2.00 bits per heavy atom. The number of nitriles is 2.